The number of piperazine rings is 1. The van der Waals surface area contributed by atoms with Gasteiger partial charge in [-0.1, -0.05) is 46.8 Å². The van der Waals surface area contributed by atoms with Gasteiger partial charge < -0.3 is 29.2 Å². The third kappa shape index (κ3) is 8.06. The van der Waals surface area contributed by atoms with Crippen molar-refractivity contribution in [2.24, 2.45) is 5.92 Å². The number of para-hydroxylation sites is 1. The monoisotopic (exact) mass is 555 g/mol. The van der Waals surface area contributed by atoms with Gasteiger partial charge in [-0.3, -0.25) is 14.4 Å². The highest BCUT2D eigenvalue weighted by Crippen LogP contribution is 2.24. The van der Waals surface area contributed by atoms with E-state index in [4.69, 9.17) is 9.15 Å². The Morgan fingerprint density at radius 1 is 1.10 bits per heavy atom. The molecule has 2 aromatic rings. The Bertz CT molecular complexity index is 1160. The van der Waals surface area contributed by atoms with Crippen molar-refractivity contribution >= 4 is 17.7 Å². The molecule has 1 aliphatic heterocycles. The molecule has 2 atom stereocenters. The SMILES string of the molecule is CC(C)C[C@@H](NC(=O)c1ccccc1OCc1ncc(C(C)(C)C)o1)C(=O)N(C)[C@H](C)C(=O)N1CCN(C)CC1. The van der Waals surface area contributed by atoms with Crippen LogP contribution in [0.1, 0.15) is 70.0 Å². The van der Waals surface area contributed by atoms with Crippen molar-refractivity contribution in [1.29, 1.82) is 0 Å². The zero-order valence-electron chi connectivity index (χ0n) is 25.2. The van der Waals surface area contributed by atoms with Gasteiger partial charge in [0.25, 0.3) is 5.91 Å². The Morgan fingerprint density at radius 2 is 1.75 bits per heavy atom. The first-order valence-corrected chi connectivity index (χ1v) is 14.0. The van der Waals surface area contributed by atoms with Gasteiger partial charge in [-0.2, -0.15) is 0 Å². The summed E-state index contributed by atoms with van der Waals surface area (Å²) in [7, 11) is 3.65. The number of likely N-dealkylation sites (N-methyl/N-ethyl adjacent to an activating group) is 2. The molecule has 0 bridgehead atoms. The van der Waals surface area contributed by atoms with Crippen LogP contribution in [0, 0.1) is 5.92 Å². The largest absolute Gasteiger partial charge is 0.483 e. The predicted molar refractivity (Wildman–Crippen MR) is 153 cm³/mol. The van der Waals surface area contributed by atoms with E-state index in [1.807, 2.05) is 41.7 Å². The molecule has 10 nitrogen and oxygen atoms in total. The summed E-state index contributed by atoms with van der Waals surface area (Å²) in [6.07, 6.45) is 2.12. The van der Waals surface area contributed by atoms with Crippen LogP contribution in [-0.4, -0.2) is 89.8 Å². The molecule has 3 rings (SSSR count). The van der Waals surface area contributed by atoms with Crippen LogP contribution in [-0.2, 0) is 21.6 Å². The third-order valence-electron chi connectivity index (χ3n) is 7.19. The molecule has 3 amide bonds. The van der Waals surface area contributed by atoms with Crippen LogP contribution < -0.4 is 10.1 Å². The minimum absolute atomic E-state index is 0.0589. The van der Waals surface area contributed by atoms with Crippen LogP contribution in [0.15, 0.2) is 34.9 Å². The molecule has 40 heavy (non-hydrogen) atoms. The summed E-state index contributed by atoms with van der Waals surface area (Å²) < 4.78 is 11.7. The minimum atomic E-state index is -0.797. The van der Waals surface area contributed by atoms with E-state index in [-0.39, 0.29) is 29.8 Å². The summed E-state index contributed by atoms with van der Waals surface area (Å²) in [5.41, 5.74) is 0.122. The van der Waals surface area contributed by atoms with E-state index in [1.165, 1.54) is 4.90 Å². The van der Waals surface area contributed by atoms with Crippen molar-refractivity contribution in [2.75, 3.05) is 40.3 Å². The molecule has 0 unspecified atom stereocenters. The van der Waals surface area contributed by atoms with E-state index in [2.05, 4.69) is 15.2 Å². The first kappa shape index (κ1) is 31.1. The minimum Gasteiger partial charge on any atom is -0.483 e. The number of hydrogen-bond donors (Lipinski definition) is 1. The fraction of sp³-hybridized carbons (Fsp3) is 0.600. The lowest BCUT2D eigenvalue weighted by Crippen LogP contribution is -2.56. The fourth-order valence-corrected chi connectivity index (χ4v) is 4.47. The van der Waals surface area contributed by atoms with Gasteiger partial charge >= 0.3 is 0 Å². The summed E-state index contributed by atoms with van der Waals surface area (Å²) in [5.74, 6) is 0.843. The summed E-state index contributed by atoms with van der Waals surface area (Å²) in [6.45, 7) is 14.8. The van der Waals surface area contributed by atoms with Crippen molar-refractivity contribution in [3.8, 4) is 5.75 Å². The van der Waals surface area contributed by atoms with Crippen LogP contribution >= 0.6 is 0 Å². The normalized spacial score (nSPS) is 16.0. The van der Waals surface area contributed by atoms with Crippen molar-refractivity contribution in [3.63, 3.8) is 0 Å². The highest BCUT2D eigenvalue weighted by Gasteiger charge is 2.33. The van der Waals surface area contributed by atoms with Gasteiger partial charge in [0.15, 0.2) is 6.61 Å². The molecule has 1 aromatic carbocycles. The first-order valence-electron chi connectivity index (χ1n) is 14.0. The lowest BCUT2D eigenvalue weighted by molar-refractivity contribution is -0.145. The zero-order valence-corrected chi connectivity index (χ0v) is 25.2. The van der Waals surface area contributed by atoms with Gasteiger partial charge in [0, 0.05) is 38.6 Å². The van der Waals surface area contributed by atoms with Gasteiger partial charge in [-0.25, -0.2) is 4.98 Å². The van der Waals surface area contributed by atoms with Gasteiger partial charge in [-0.15, -0.1) is 0 Å². The first-order chi connectivity index (χ1) is 18.8. The molecule has 1 N–H and O–H groups in total. The van der Waals surface area contributed by atoms with Gasteiger partial charge in [-0.05, 0) is 38.4 Å². The molecule has 2 heterocycles. The van der Waals surface area contributed by atoms with Crippen LogP contribution in [0.3, 0.4) is 0 Å². The van der Waals surface area contributed by atoms with Gasteiger partial charge in [0.1, 0.15) is 23.6 Å². The van der Waals surface area contributed by atoms with E-state index < -0.39 is 18.0 Å². The summed E-state index contributed by atoms with van der Waals surface area (Å²) in [5, 5.41) is 2.91. The standard InChI is InChI=1S/C30H45N5O5/c1-20(2)17-23(29(38)34(8)21(3)28(37)35-15-13-33(7)14-16-35)32-27(36)22-11-9-10-12-24(22)39-19-26-31-18-25(40-26)30(4,5)6/h9-12,18,20-21,23H,13-17,19H2,1-8H3,(H,32,36)/t21-,23-/m1/s1. The Kier molecular flexibility index (Phi) is 10.4. The number of nitrogens with one attached hydrogen (secondary N) is 1. The molecule has 1 aromatic heterocycles. The molecule has 0 saturated carbocycles. The van der Waals surface area contributed by atoms with Crippen LogP contribution in [0.2, 0.25) is 0 Å². The lowest BCUT2D eigenvalue weighted by Gasteiger charge is -2.36. The van der Waals surface area contributed by atoms with Gasteiger partial charge in [0.05, 0.1) is 11.8 Å². The maximum atomic E-state index is 13.6. The highest BCUT2D eigenvalue weighted by molar-refractivity contribution is 6.00. The maximum absolute atomic E-state index is 13.6. The Hall–Kier alpha value is -3.40. The van der Waals surface area contributed by atoms with Crippen LogP contribution in [0.4, 0.5) is 0 Å². The molecule has 1 fully saturated rings. The van der Waals surface area contributed by atoms with Gasteiger partial charge in [0.2, 0.25) is 17.7 Å². The van der Waals surface area contributed by atoms with E-state index in [1.54, 1.807) is 49.3 Å². The molecule has 0 spiro atoms. The predicted octanol–water partition coefficient (Wildman–Crippen LogP) is 3.32. The molecule has 0 aliphatic carbocycles. The molecule has 1 saturated heterocycles. The number of hydrogen-bond acceptors (Lipinski definition) is 7. The number of benzene rings is 1. The van der Waals surface area contributed by atoms with Crippen molar-refractivity contribution in [1.82, 2.24) is 25.0 Å². The number of ether oxygens (including phenoxy) is 1. The number of nitrogens with zero attached hydrogens (tertiary/aromatic N) is 4. The quantitative estimate of drug-likeness (QED) is 0.479. The second-order valence-electron chi connectivity index (χ2n) is 12.1. The molecular weight excluding hydrogens is 510 g/mol. The topological polar surface area (TPSA) is 108 Å². The average molecular weight is 556 g/mol. The van der Waals surface area contributed by atoms with E-state index in [0.717, 1.165) is 18.8 Å². The number of amides is 3. The molecule has 1 aliphatic rings. The Labute approximate surface area is 238 Å². The second kappa shape index (κ2) is 13.3. The van der Waals surface area contributed by atoms with Crippen molar-refractivity contribution < 1.29 is 23.5 Å². The molecular formula is C30H45N5O5. The van der Waals surface area contributed by atoms with E-state index in [0.29, 0.717) is 36.7 Å². The summed E-state index contributed by atoms with van der Waals surface area (Å²) >= 11 is 0. The Balaban J connectivity index is 1.70. The molecule has 10 heteroatoms. The number of carbonyl (C=O) groups is 3. The summed E-state index contributed by atoms with van der Waals surface area (Å²) in [6, 6.07) is 5.43. The second-order valence-corrected chi connectivity index (χ2v) is 12.1. The maximum Gasteiger partial charge on any atom is 0.255 e. The molecule has 0 radical (unpaired) electrons. The van der Waals surface area contributed by atoms with Crippen molar-refractivity contribution in [2.45, 2.75) is 72.1 Å². The van der Waals surface area contributed by atoms with Crippen LogP contribution in [0.25, 0.3) is 0 Å². The smallest absolute Gasteiger partial charge is 0.255 e. The Morgan fingerprint density at radius 3 is 2.35 bits per heavy atom. The van der Waals surface area contributed by atoms with Crippen LogP contribution in [0.5, 0.6) is 5.75 Å². The fourth-order valence-electron chi connectivity index (χ4n) is 4.47. The molecule has 220 valence electrons. The highest BCUT2D eigenvalue weighted by atomic mass is 16.5. The summed E-state index contributed by atoms with van der Waals surface area (Å²) in [4.78, 5) is 49.9. The van der Waals surface area contributed by atoms with E-state index in [9.17, 15) is 14.4 Å². The third-order valence-corrected chi connectivity index (χ3v) is 7.19. The lowest BCUT2D eigenvalue weighted by atomic mass is 9.94. The zero-order chi connectivity index (χ0) is 29.6. The number of oxazole rings is 1. The number of carbonyl (C=O) groups excluding carboxylic acids is 3. The van der Waals surface area contributed by atoms with E-state index >= 15 is 0 Å². The number of rotatable bonds is 10. The average Bonchev–Trinajstić information content (AvgIpc) is 3.40. The number of aromatic nitrogens is 1. The van der Waals surface area contributed by atoms with Crippen molar-refractivity contribution in [3.05, 3.63) is 47.7 Å².